The zero-order valence-electron chi connectivity index (χ0n) is 10.2. The van der Waals surface area contributed by atoms with Crippen LogP contribution in [-0.2, 0) is 7.05 Å². The molecule has 1 aromatic carbocycles. The van der Waals surface area contributed by atoms with Crippen LogP contribution in [0.5, 0.6) is 17.2 Å². The molecule has 0 saturated heterocycles. The quantitative estimate of drug-likeness (QED) is 0.811. The Kier molecular flexibility index (Phi) is 2.48. The SMILES string of the molecule is Cn1ncc(-c2c(O)c(F)cc3c2OCCO3)c1N. The molecule has 0 fully saturated rings. The molecule has 1 aliphatic rings. The van der Waals surface area contributed by atoms with E-state index in [1.54, 1.807) is 7.05 Å². The van der Waals surface area contributed by atoms with Crippen LogP contribution in [0.3, 0.4) is 0 Å². The molecule has 3 rings (SSSR count). The first kappa shape index (κ1) is 11.6. The maximum Gasteiger partial charge on any atom is 0.173 e. The number of ether oxygens (including phenoxy) is 2. The summed E-state index contributed by atoms with van der Waals surface area (Å²) in [4.78, 5) is 0. The molecule has 0 unspecified atom stereocenters. The predicted molar refractivity (Wildman–Crippen MR) is 65.7 cm³/mol. The highest BCUT2D eigenvalue weighted by Crippen LogP contribution is 2.48. The number of fused-ring (bicyclic) bond motifs is 1. The van der Waals surface area contributed by atoms with Crippen molar-refractivity contribution < 1.29 is 19.0 Å². The number of nitrogen functional groups attached to an aromatic ring is 1. The molecule has 1 aliphatic heterocycles. The number of nitrogens with zero attached hydrogens (tertiary/aromatic N) is 2. The first-order valence-corrected chi connectivity index (χ1v) is 5.68. The Morgan fingerprint density at radius 2 is 2.16 bits per heavy atom. The summed E-state index contributed by atoms with van der Waals surface area (Å²) in [6.07, 6.45) is 1.45. The Hall–Kier alpha value is -2.44. The molecule has 1 aromatic heterocycles. The van der Waals surface area contributed by atoms with Crippen molar-refractivity contribution in [3.05, 3.63) is 18.1 Å². The third-order valence-electron chi connectivity index (χ3n) is 3.01. The largest absolute Gasteiger partial charge is 0.504 e. The lowest BCUT2D eigenvalue weighted by molar-refractivity contribution is 0.170. The molecule has 0 bridgehead atoms. The van der Waals surface area contributed by atoms with Crippen molar-refractivity contribution in [2.24, 2.45) is 7.05 Å². The minimum Gasteiger partial charge on any atom is -0.504 e. The van der Waals surface area contributed by atoms with Crippen molar-refractivity contribution in [1.29, 1.82) is 0 Å². The monoisotopic (exact) mass is 265 g/mol. The van der Waals surface area contributed by atoms with Gasteiger partial charge in [0.2, 0.25) is 0 Å². The molecule has 7 heteroatoms. The van der Waals surface area contributed by atoms with E-state index < -0.39 is 11.6 Å². The van der Waals surface area contributed by atoms with Crippen LogP contribution >= 0.6 is 0 Å². The standard InChI is InChI=1S/C12H12FN3O3/c1-16-12(14)6(5-15-16)9-10(17)7(13)4-8-11(9)19-3-2-18-8/h4-5,17H,2-3,14H2,1H3. The normalized spacial score (nSPS) is 13.6. The van der Waals surface area contributed by atoms with Gasteiger partial charge in [-0.25, -0.2) is 4.39 Å². The Balaban J connectivity index is 2.30. The lowest BCUT2D eigenvalue weighted by atomic mass is 10.0. The number of aryl methyl sites for hydroxylation is 1. The highest BCUT2D eigenvalue weighted by Gasteiger charge is 2.26. The predicted octanol–water partition coefficient (Wildman–Crippen LogP) is 1.29. The maximum atomic E-state index is 13.7. The molecule has 0 amide bonds. The van der Waals surface area contributed by atoms with Crippen LogP contribution in [0, 0.1) is 5.82 Å². The highest BCUT2D eigenvalue weighted by molar-refractivity contribution is 5.85. The van der Waals surface area contributed by atoms with Crippen LogP contribution in [0.15, 0.2) is 12.3 Å². The molecular formula is C12H12FN3O3. The molecule has 100 valence electrons. The number of hydrogen-bond acceptors (Lipinski definition) is 5. The number of aromatic hydroxyl groups is 1. The van der Waals surface area contributed by atoms with Gasteiger partial charge >= 0.3 is 0 Å². The summed E-state index contributed by atoms with van der Waals surface area (Å²) in [5.41, 5.74) is 6.43. The van der Waals surface area contributed by atoms with Crippen LogP contribution in [-0.4, -0.2) is 28.1 Å². The second-order valence-corrected chi connectivity index (χ2v) is 4.17. The topological polar surface area (TPSA) is 82.5 Å². The van der Waals surface area contributed by atoms with Crippen molar-refractivity contribution in [2.45, 2.75) is 0 Å². The van der Waals surface area contributed by atoms with Crippen LogP contribution in [0.2, 0.25) is 0 Å². The van der Waals surface area contributed by atoms with Crippen molar-refractivity contribution in [2.75, 3.05) is 18.9 Å². The van der Waals surface area contributed by atoms with Gasteiger partial charge in [-0.05, 0) is 0 Å². The molecule has 0 radical (unpaired) electrons. The third-order valence-corrected chi connectivity index (χ3v) is 3.01. The number of hydrogen-bond donors (Lipinski definition) is 2. The number of phenolic OH excluding ortho intramolecular Hbond substituents is 1. The van der Waals surface area contributed by atoms with Crippen LogP contribution in [0.4, 0.5) is 10.2 Å². The zero-order valence-corrected chi connectivity index (χ0v) is 10.2. The lowest BCUT2D eigenvalue weighted by Crippen LogP contribution is -2.16. The van der Waals surface area contributed by atoms with Gasteiger partial charge in [-0.1, -0.05) is 0 Å². The number of benzene rings is 1. The number of rotatable bonds is 1. The first-order valence-electron chi connectivity index (χ1n) is 5.68. The molecule has 19 heavy (non-hydrogen) atoms. The van der Waals surface area contributed by atoms with Crippen molar-refractivity contribution in [3.8, 4) is 28.4 Å². The summed E-state index contributed by atoms with van der Waals surface area (Å²) < 4.78 is 26.0. The average Bonchev–Trinajstić information content (AvgIpc) is 2.72. The van der Waals surface area contributed by atoms with E-state index in [4.69, 9.17) is 15.2 Å². The first-order chi connectivity index (χ1) is 9.09. The average molecular weight is 265 g/mol. The summed E-state index contributed by atoms with van der Waals surface area (Å²) in [6, 6.07) is 1.10. The number of nitrogens with two attached hydrogens (primary N) is 1. The second-order valence-electron chi connectivity index (χ2n) is 4.17. The van der Waals surface area contributed by atoms with Gasteiger partial charge in [0.25, 0.3) is 0 Å². The van der Waals surface area contributed by atoms with E-state index in [2.05, 4.69) is 5.10 Å². The Morgan fingerprint density at radius 1 is 1.42 bits per heavy atom. The van der Waals surface area contributed by atoms with Crippen LogP contribution in [0.1, 0.15) is 0 Å². The number of phenols is 1. The Morgan fingerprint density at radius 3 is 2.84 bits per heavy atom. The Bertz CT molecular complexity index is 654. The van der Waals surface area contributed by atoms with Gasteiger partial charge in [-0.2, -0.15) is 5.10 Å². The van der Waals surface area contributed by atoms with E-state index in [1.807, 2.05) is 0 Å². The van der Waals surface area contributed by atoms with Crippen LogP contribution < -0.4 is 15.2 Å². The van der Waals surface area contributed by atoms with E-state index in [1.165, 1.54) is 10.9 Å². The minimum atomic E-state index is -0.789. The van der Waals surface area contributed by atoms with Gasteiger partial charge in [-0.3, -0.25) is 4.68 Å². The van der Waals surface area contributed by atoms with Gasteiger partial charge in [0, 0.05) is 13.1 Å². The molecule has 3 N–H and O–H groups in total. The van der Waals surface area contributed by atoms with Gasteiger partial charge in [0.1, 0.15) is 19.0 Å². The molecule has 6 nitrogen and oxygen atoms in total. The summed E-state index contributed by atoms with van der Waals surface area (Å²) in [7, 11) is 1.65. The fraction of sp³-hybridized carbons (Fsp3) is 0.250. The van der Waals surface area contributed by atoms with E-state index in [0.29, 0.717) is 24.6 Å². The summed E-state index contributed by atoms with van der Waals surface area (Å²) in [6.45, 7) is 0.657. The number of halogens is 1. The second kappa shape index (κ2) is 4.04. The van der Waals surface area contributed by atoms with E-state index in [9.17, 15) is 9.50 Å². The van der Waals surface area contributed by atoms with Crippen molar-refractivity contribution in [3.63, 3.8) is 0 Å². The van der Waals surface area contributed by atoms with Gasteiger partial charge in [0.05, 0.1) is 17.3 Å². The highest BCUT2D eigenvalue weighted by atomic mass is 19.1. The smallest absolute Gasteiger partial charge is 0.173 e. The fourth-order valence-corrected chi connectivity index (χ4v) is 2.03. The van der Waals surface area contributed by atoms with E-state index in [-0.39, 0.29) is 17.1 Å². The minimum absolute atomic E-state index is 0.167. The number of anilines is 1. The molecule has 0 atom stereocenters. The Labute approximate surface area is 108 Å². The van der Waals surface area contributed by atoms with Crippen LogP contribution in [0.25, 0.3) is 11.1 Å². The van der Waals surface area contributed by atoms with Gasteiger partial charge < -0.3 is 20.3 Å². The molecular weight excluding hydrogens is 253 g/mol. The van der Waals surface area contributed by atoms with Crippen molar-refractivity contribution in [1.82, 2.24) is 9.78 Å². The molecule has 2 heterocycles. The van der Waals surface area contributed by atoms with Gasteiger partial charge in [-0.15, -0.1) is 0 Å². The number of aromatic nitrogens is 2. The lowest BCUT2D eigenvalue weighted by Gasteiger charge is -2.22. The fourth-order valence-electron chi connectivity index (χ4n) is 2.03. The molecule has 0 aliphatic carbocycles. The van der Waals surface area contributed by atoms with Gasteiger partial charge in [0.15, 0.2) is 23.1 Å². The summed E-state index contributed by atoms with van der Waals surface area (Å²) in [5, 5.41) is 13.9. The summed E-state index contributed by atoms with van der Waals surface area (Å²) in [5.74, 6) is -0.478. The molecule has 0 spiro atoms. The zero-order chi connectivity index (χ0) is 13.6. The van der Waals surface area contributed by atoms with E-state index in [0.717, 1.165) is 6.07 Å². The van der Waals surface area contributed by atoms with Crippen molar-refractivity contribution >= 4 is 5.82 Å². The molecule has 0 saturated carbocycles. The maximum absolute atomic E-state index is 13.7. The third kappa shape index (κ3) is 1.66. The molecule has 2 aromatic rings. The van der Waals surface area contributed by atoms with E-state index >= 15 is 0 Å². The summed E-state index contributed by atoms with van der Waals surface area (Å²) >= 11 is 0.